The molecule has 0 unspecified atom stereocenters. The molecule has 3 heteroatoms. The van der Waals surface area contributed by atoms with E-state index in [4.69, 9.17) is 4.42 Å². The molecule has 0 atom stereocenters. The molecule has 3 rings (SSSR count). The molecule has 2 aromatic rings. The van der Waals surface area contributed by atoms with Gasteiger partial charge < -0.3 is 9.73 Å². The maximum Gasteiger partial charge on any atom is 0.152 e. The summed E-state index contributed by atoms with van der Waals surface area (Å²) in [5, 5.41) is 4.43. The molecule has 0 aliphatic carbocycles. The van der Waals surface area contributed by atoms with Crippen molar-refractivity contribution in [2.24, 2.45) is 0 Å². The number of rotatable bonds is 0. The molecule has 2 aromatic heterocycles. The number of furan rings is 1. The van der Waals surface area contributed by atoms with E-state index in [1.54, 1.807) is 12.5 Å². The summed E-state index contributed by atoms with van der Waals surface area (Å²) in [6.45, 7) is 0.993. The molecule has 0 radical (unpaired) electrons. The van der Waals surface area contributed by atoms with Gasteiger partial charge in [0.1, 0.15) is 5.82 Å². The van der Waals surface area contributed by atoms with Crippen molar-refractivity contribution in [3.8, 4) is 0 Å². The molecule has 3 nitrogen and oxygen atoms in total. The van der Waals surface area contributed by atoms with Crippen LogP contribution in [0.4, 0.5) is 5.82 Å². The summed E-state index contributed by atoms with van der Waals surface area (Å²) in [4.78, 5) is 4.25. The van der Waals surface area contributed by atoms with Gasteiger partial charge in [-0.15, -0.1) is 0 Å². The predicted octanol–water partition coefficient (Wildman–Crippen LogP) is 1.80. The van der Waals surface area contributed by atoms with Crippen LogP contribution in [-0.4, -0.2) is 11.5 Å². The fourth-order valence-corrected chi connectivity index (χ4v) is 1.71. The number of pyridine rings is 1. The molecule has 3 heterocycles. The van der Waals surface area contributed by atoms with Gasteiger partial charge in [0.05, 0.1) is 12.5 Å². The molecule has 0 amide bonds. The Hall–Kier alpha value is -1.51. The van der Waals surface area contributed by atoms with Crippen molar-refractivity contribution in [1.29, 1.82) is 0 Å². The van der Waals surface area contributed by atoms with Crippen molar-refractivity contribution >= 4 is 16.8 Å². The van der Waals surface area contributed by atoms with E-state index in [2.05, 4.69) is 10.3 Å². The summed E-state index contributed by atoms with van der Waals surface area (Å²) in [5.41, 5.74) is 2.18. The third-order valence-electron chi connectivity index (χ3n) is 2.28. The summed E-state index contributed by atoms with van der Waals surface area (Å²) in [5.74, 6) is 1.02. The lowest BCUT2D eigenvalue weighted by Gasteiger charge is -1.97. The highest BCUT2D eigenvalue weighted by Gasteiger charge is 2.15. The Morgan fingerprint density at radius 3 is 3.50 bits per heavy atom. The van der Waals surface area contributed by atoms with Crippen LogP contribution in [0.1, 0.15) is 5.56 Å². The molecule has 60 valence electrons. The van der Waals surface area contributed by atoms with Crippen molar-refractivity contribution in [2.45, 2.75) is 6.42 Å². The molecule has 0 saturated heterocycles. The second kappa shape index (κ2) is 2.00. The highest BCUT2D eigenvalue weighted by molar-refractivity contribution is 5.85. The van der Waals surface area contributed by atoms with Gasteiger partial charge in [-0.05, 0) is 12.5 Å². The van der Waals surface area contributed by atoms with E-state index in [0.29, 0.717) is 0 Å². The van der Waals surface area contributed by atoms with Gasteiger partial charge in [0, 0.05) is 17.5 Å². The van der Waals surface area contributed by atoms with E-state index in [1.165, 1.54) is 10.9 Å². The molecule has 1 aliphatic heterocycles. The number of anilines is 1. The quantitative estimate of drug-likeness (QED) is 0.638. The van der Waals surface area contributed by atoms with Crippen LogP contribution in [0, 0.1) is 0 Å². The molecule has 0 aromatic carbocycles. The van der Waals surface area contributed by atoms with E-state index >= 15 is 0 Å². The van der Waals surface area contributed by atoms with Crippen molar-refractivity contribution in [1.82, 2.24) is 4.98 Å². The Morgan fingerprint density at radius 2 is 2.50 bits per heavy atom. The fraction of sp³-hybridized carbons (Fsp3) is 0.222. The first kappa shape index (κ1) is 6.06. The summed E-state index contributed by atoms with van der Waals surface area (Å²) in [6, 6.07) is 2.00. The van der Waals surface area contributed by atoms with Crippen LogP contribution in [0.5, 0.6) is 0 Å². The highest BCUT2D eigenvalue weighted by Crippen LogP contribution is 2.28. The average molecular weight is 160 g/mol. The van der Waals surface area contributed by atoms with Crippen LogP contribution in [0.15, 0.2) is 22.9 Å². The van der Waals surface area contributed by atoms with E-state index in [9.17, 15) is 0 Å². The molecule has 0 fully saturated rings. The first-order chi connectivity index (χ1) is 5.95. The van der Waals surface area contributed by atoms with E-state index in [0.717, 1.165) is 24.4 Å². The van der Waals surface area contributed by atoms with Gasteiger partial charge in [0.25, 0.3) is 0 Å². The molecule has 1 N–H and O–H groups in total. The van der Waals surface area contributed by atoms with E-state index in [-0.39, 0.29) is 0 Å². The highest BCUT2D eigenvalue weighted by atomic mass is 16.3. The lowest BCUT2D eigenvalue weighted by Crippen LogP contribution is -1.92. The zero-order chi connectivity index (χ0) is 7.97. The first-order valence-electron chi connectivity index (χ1n) is 4.04. The standard InChI is InChI=1S/C9H8N2O/c1-3-10-9-7(1)6-2-4-12-8(6)5-11-9/h2,4-5H,1,3H2,(H,10,11). The van der Waals surface area contributed by atoms with Crippen LogP contribution in [0.3, 0.4) is 0 Å². The van der Waals surface area contributed by atoms with Gasteiger partial charge in [-0.3, -0.25) is 0 Å². The third kappa shape index (κ3) is 0.630. The first-order valence-corrected chi connectivity index (χ1v) is 4.04. The Morgan fingerprint density at radius 1 is 1.50 bits per heavy atom. The Kier molecular flexibility index (Phi) is 1.01. The van der Waals surface area contributed by atoms with Crippen LogP contribution in [0.25, 0.3) is 11.0 Å². The van der Waals surface area contributed by atoms with Crippen molar-refractivity contribution in [2.75, 3.05) is 11.9 Å². The number of hydrogen-bond donors (Lipinski definition) is 1. The maximum absolute atomic E-state index is 5.25. The van der Waals surface area contributed by atoms with Crippen molar-refractivity contribution < 1.29 is 4.42 Å². The van der Waals surface area contributed by atoms with Gasteiger partial charge in [-0.1, -0.05) is 0 Å². The maximum atomic E-state index is 5.25. The van der Waals surface area contributed by atoms with Crippen LogP contribution in [0.2, 0.25) is 0 Å². The summed E-state index contributed by atoms with van der Waals surface area (Å²) >= 11 is 0. The average Bonchev–Trinajstić information content (AvgIpc) is 2.71. The minimum Gasteiger partial charge on any atom is -0.463 e. The van der Waals surface area contributed by atoms with Crippen molar-refractivity contribution in [3.63, 3.8) is 0 Å². The zero-order valence-corrected chi connectivity index (χ0v) is 6.50. The summed E-state index contributed by atoms with van der Waals surface area (Å²) in [7, 11) is 0. The number of hydrogen-bond acceptors (Lipinski definition) is 3. The Labute approximate surface area is 69.4 Å². The Bertz CT molecular complexity index is 433. The van der Waals surface area contributed by atoms with Crippen molar-refractivity contribution in [3.05, 3.63) is 24.1 Å². The second-order valence-electron chi connectivity index (χ2n) is 2.96. The topological polar surface area (TPSA) is 38.1 Å². The number of nitrogens with one attached hydrogen (secondary N) is 1. The smallest absolute Gasteiger partial charge is 0.152 e. The Balaban J connectivity index is 2.46. The van der Waals surface area contributed by atoms with Gasteiger partial charge in [0.2, 0.25) is 0 Å². The predicted molar refractivity (Wildman–Crippen MR) is 46.2 cm³/mol. The zero-order valence-electron chi connectivity index (χ0n) is 6.50. The van der Waals surface area contributed by atoms with E-state index < -0.39 is 0 Å². The molecule has 1 aliphatic rings. The summed E-state index contributed by atoms with van der Waals surface area (Å²) in [6.07, 6.45) is 4.54. The lowest BCUT2D eigenvalue weighted by atomic mass is 10.1. The number of nitrogens with zero attached hydrogens (tertiary/aromatic N) is 1. The largest absolute Gasteiger partial charge is 0.463 e. The van der Waals surface area contributed by atoms with Crippen LogP contribution >= 0.6 is 0 Å². The summed E-state index contributed by atoms with van der Waals surface area (Å²) < 4.78 is 5.25. The molecule has 0 bridgehead atoms. The lowest BCUT2D eigenvalue weighted by molar-refractivity contribution is 0.614. The molecular weight excluding hydrogens is 152 g/mol. The monoisotopic (exact) mass is 160 g/mol. The normalized spacial score (nSPS) is 14.7. The van der Waals surface area contributed by atoms with Gasteiger partial charge in [0.15, 0.2) is 5.58 Å². The minimum atomic E-state index is 0.887. The SMILES string of the molecule is c1cc2c3c(ncc2o1)NCC3. The number of aromatic nitrogens is 1. The second-order valence-corrected chi connectivity index (χ2v) is 2.96. The molecule has 12 heavy (non-hydrogen) atoms. The van der Waals surface area contributed by atoms with Crippen LogP contribution < -0.4 is 5.32 Å². The third-order valence-corrected chi connectivity index (χ3v) is 2.28. The minimum absolute atomic E-state index is 0.887. The van der Waals surface area contributed by atoms with Gasteiger partial charge in [-0.25, -0.2) is 4.98 Å². The van der Waals surface area contributed by atoms with E-state index in [1.807, 2.05) is 6.07 Å². The number of fused-ring (bicyclic) bond motifs is 3. The van der Waals surface area contributed by atoms with Crippen LogP contribution in [-0.2, 0) is 6.42 Å². The fourth-order valence-electron chi connectivity index (χ4n) is 1.71. The molecule has 0 spiro atoms. The molecule has 0 saturated carbocycles. The van der Waals surface area contributed by atoms with Gasteiger partial charge in [-0.2, -0.15) is 0 Å². The van der Waals surface area contributed by atoms with Gasteiger partial charge >= 0.3 is 0 Å². The molecular formula is C9H8N2O.